The average molecular weight is 349 g/mol. The van der Waals surface area contributed by atoms with E-state index < -0.39 is 0 Å². The lowest BCUT2D eigenvalue weighted by atomic mass is 10.0. The van der Waals surface area contributed by atoms with Gasteiger partial charge in [0, 0.05) is 6.42 Å². The number of anilines is 1. The van der Waals surface area contributed by atoms with E-state index in [0.29, 0.717) is 28.2 Å². The van der Waals surface area contributed by atoms with Crippen molar-refractivity contribution in [1.29, 1.82) is 0 Å². The molecule has 3 rings (SSSR count). The van der Waals surface area contributed by atoms with E-state index >= 15 is 0 Å². The molecule has 7 heteroatoms. The second kappa shape index (κ2) is 8.19. The first-order valence-electron chi connectivity index (χ1n) is 8.19. The lowest BCUT2D eigenvalue weighted by molar-refractivity contribution is -0.116. The summed E-state index contributed by atoms with van der Waals surface area (Å²) in [6, 6.07) is 5.79. The highest BCUT2D eigenvalue weighted by Crippen LogP contribution is 2.28. The van der Waals surface area contributed by atoms with Crippen molar-refractivity contribution in [2.75, 3.05) is 5.32 Å². The quantitative estimate of drug-likeness (QED) is 0.815. The Morgan fingerprint density at radius 3 is 2.75 bits per heavy atom. The van der Waals surface area contributed by atoms with Gasteiger partial charge >= 0.3 is 0 Å². The van der Waals surface area contributed by atoms with Gasteiger partial charge in [0.25, 0.3) is 0 Å². The summed E-state index contributed by atoms with van der Waals surface area (Å²) in [6.45, 7) is 0.237. The van der Waals surface area contributed by atoms with Crippen molar-refractivity contribution in [3.63, 3.8) is 0 Å². The molecule has 1 aromatic carbocycles. The predicted molar refractivity (Wildman–Crippen MR) is 90.5 cm³/mol. The van der Waals surface area contributed by atoms with Gasteiger partial charge in [-0.05, 0) is 36.6 Å². The zero-order chi connectivity index (χ0) is 16.8. The van der Waals surface area contributed by atoms with Crippen LogP contribution in [0.25, 0.3) is 0 Å². The Labute approximate surface area is 144 Å². The summed E-state index contributed by atoms with van der Waals surface area (Å²) in [5, 5.41) is 11.9. The minimum atomic E-state index is -0.305. The molecule has 0 saturated heterocycles. The maximum Gasteiger partial charge on any atom is 0.226 e. The van der Waals surface area contributed by atoms with E-state index in [2.05, 4.69) is 15.5 Å². The van der Waals surface area contributed by atoms with Crippen LogP contribution in [0.3, 0.4) is 0 Å². The van der Waals surface area contributed by atoms with Gasteiger partial charge in [0.15, 0.2) is 5.01 Å². The van der Waals surface area contributed by atoms with Crippen LogP contribution in [0.4, 0.5) is 9.52 Å². The van der Waals surface area contributed by atoms with Gasteiger partial charge in [-0.3, -0.25) is 4.79 Å². The normalized spacial score (nSPS) is 14.7. The minimum absolute atomic E-state index is 0.0101. The van der Waals surface area contributed by atoms with Crippen molar-refractivity contribution < 1.29 is 13.9 Å². The molecular weight excluding hydrogens is 329 g/mol. The molecule has 1 aromatic heterocycles. The lowest BCUT2D eigenvalue weighted by Gasteiger charge is -2.07. The Hall–Kier alpha value is -2.02. The maximum absolute atomic E-state index is 12.8. The van der Waals surface area contributed by atoms with Crippen molar-refractivity contribution >= 4 is 22.4 Å². The molecule has 128 valence electrons. The number of ether oxygens (including phenoxy) is 1. The smallest absolute Gasteiger partial charge is 0.226 e. The molecule has 5 nitrogen and oxygen atoms in total. The zero-order valence-electron chi connectivity index (χ0n) is 13.3. The summed E-state index contributed by atoms with van der Waals surface area (Å²) in [5.41, 5.74) is 0. The summed E-state index contributed by atoms with van der Waals surface area (Å²) in [5.74, 6) is 0.948. The maximum atomic E-state index is 12.8. The molecule has 0 aliphatic heterocycles. The molecule has 0 atom stereocenters. The fourth-order valence-electron chi connectivity index (χ4n) is 2.85. The fourth-order valence-corrected chi connectivity index (χ4v) is 3.52. The summed E-state index contributed by atoms with van der Waals surface area (Å²) in [4.78, 5) is 12.0. The molecule has 1 amide bonds. The van der Waals surface area contributed by atoms with Crippen LogP contribution in [-0.4, -0.2) is 16.1 Å². The average Bonchev–Trinajstić information content (AvgIpc) is 3.24. The molecular formula is C17H20FN3O2S. The predicted octanol–water partition coefficient (Wildman–Crippen LogP) is 4.17. The van der Waals surface area contributed by atoms with Gasteiger partial charge < -0.3 is 10.1 Å². The monoisotopic (exact) mass is 349 g/mol. The highest BCUT2D eigenvalue weighted by atomic mass is 32.1. The highest BCUT2D eigenvalue weighted by molar-refractivity contribution is 7.15. The zero-order valence-corrected chi connectivity index (χ0v) is 14.2. The Morgan fingerprint density at radius 2 is 2.00 bits per heavy atom. The third-order valence-electron chi connectivity index (χ3n) is 4.14. The van der Waals surface area contributed by atoms with Crippen molar-refractivity contribution in [2.24, 2.45) is 5.92 Å². The van der Waals surface area contributed by atoms with Gasteiger partial charge in [0.1, 0.15) is 18.2 Å². The van der Waals surface area contributed by atoms with E-state index in [1.54, 1.807) is 12.1 Å². The first kappa shape index (κ1) is 16.8. The number of nitrogens with zero attached hydrogens (tertiary/aromatic N) is 2. The van der Waals surface area contributed by atoms with Crippen LogP contribution in [0.5, 0.6) is 5.75 Å². The van der Waals surface area contributed by atoms with E-state index in [1.807, 2.05) is 0 Å². The summed E-state index contributed by atoms with van der Waals surface area (Å²) < 4.78 is 18.3. The molecule has 0 bridgehead atoms. The molecule has 1 saturated carbocycles. The van der Waals surface area contributed by atoms with Crippen LogP contribution < -0.4 is 10.1 Å². The molecule has 24 heavy (non-hydrogen) atoms. The number of nitrogens with one attached hydrogen (secondary N) is 1. The Morgan fingerprint density at radius 1 is 1.25 bits per heavy atom. The number of hydrogen-bond acceptors (Lipinski definition) is 5. The largest absolute Gasteiger partial charge is 0.486 e. The number of rotatable bonds is 7. The Bertz CT molecular complexity index is 669. The summed E-state index contributed by atoms with van der Waals surface area (Å²) in [7, 11) is 0. The second-order valence-corrected chi connectivity index (χ2v) is 7.04. The molecule has 1 N–H and O–H groups in total. The minimum Gasteiger partial charge on any atom is -0.486 e. The van der Waals surface area contributed by atoms with E-state index in [9.17, 15) is 9.18 Å². The van der Waals surface area contributed by atoms with E-state index in [1.165, 1.54) is 49.2 Å². The van der Waals surface area contributed by atoms with Crippen LogP contribution in [0.1, 0.15) is 43.5 Å². The van der Waals surface area contributed by atoms with Crippen molar-refractivity contribution in [2.45, 2.75) is 45.1 Å². The van der Waals surface area contributed by atoms with Crippen LogP contribution in [0, 0.1) is 11.7 Å². The van der Waals surface area contributed by atoms with Crippen LogP contribution >= 0.6 is 11.3 Å². The molecule has 1 aliphatic rings. The number of carbonyl (C=O) groups is 1. The molecule has 1 fully saturated rings. The van der Waals surface area contributed by atoms with Gasteiger partial charge in [-0.2, -0.15) is 0 Å². The molecule has 2 aromatic rings. The van der Waals surface area contributed by atoms with E-state index in [4.69, 9.17) is 4.74 Å². The number of benzene rings is 1. The number of carbonyl (C=O) groups excluding carboxylic acids is 1. The van der Waals surface area contributed by atoms with Gasteiger partial charge in [-0.25, -0.2) is 4.39 Å². The van der Waals surface area contributed by atoms with Crippen molar-refractivity contribution in [3.8, 4) is 5.75 Å². The first-order chi connectivity index (χ1) is 11.7. The standard InChI is InChI=1S/C17H20FN3O2S/c18-13-6-8-14(9-7-13)23-11-16-20-21-17(24-16)19-15(22)10-5-12-3-1-2-4-12/h6-9,12H,1-5,10-11H2,(H,19,21,22). The van der Waals surface area contributed by atoms with Gasteiger partial charge in [0.2, 0.25) is 11.0 Å². The van der Waals surface area contributed by atoms with Crippen LogP contribution in [0.2, 0.25) is 0 Å². The second-order valence-electron chi connectivity index (χ2n) is 5.98. The SMILES string of the molecule is O=C(CCC1CCCC1)Nc1nnc(COc2ccc(F)cc2)s1. The summed E-state index contributed by atoms with van der Waals surface area (Å²) >= 11 is 1.29. The Balaban J connectivity index is 1.42. The summed E-state index contributed by atoms with van der Waals surface area (Å²) in [6.07, 6.45) is 6.56. The molecule has 1 heterocycles. The van der Waals surface area contributed by atoms with Crippen molar-refractivity contribution in [3.05, 3.63) is 35.1 Å². The first-order valence-corrected chi connectivity index (χ1v) is 9.01. The topological polar surface area (TPSA) is 64.1 Å². The lowest BCUT2D eigenvalue weighted by Crippen LogP contribution is -2.12. The highest BCUT2D eigenvalue weighted by Gasteiger charge is 2.16. The van der Waals surface area contributed by atoms with E-state index in [-0.39, 0.29) is 18.3 Å². The van der Waals surface area contributed by atoms with Crippen molar-refractivity contribution in [1.82, 2.24) is 10.2 Å². The number of hydrogen-bond donors (Lipinski definition) is 1. The molecule has 0 unspecified atom stereocenters. The fraction of sp³-hybridized carbons (Fsp3) is 0.471. The Kier molecular flexibility index (Phi) is 5.74. The van der Waals surface area contributed by atoms with Crippen LogP contribution in [-0.2, 0) is 11.4 Å². The van der Waals surface area contributed by atoms with Gasteiger partial charge in [-0.1, -0.05) is 37.0 Å². The van der Waals surface area contributed by atoms with E-state index in [0.717, 1.165) is 6.42 Å². The van der Waals surface area contributed by atoms with Gasteiger partial charge in [-0.15, -0.1) is 10.2 Å². The number of halogens is 1. The molecule has 0 spiro atoms. The molecule has 0 radical (unpaired) electrons. The molecule has 1 aliphatic carbocycles. The number of amides is 1. The number of aromatic nitrogens is 2. The van der Waals surface area contributed by atoms with Crippen LogP contribution in [0.15, 0.2) is 24.3 Å². The third kappa shape index (κ3) is 4.99. The van der Waals surface area contributed by atoms with Gasteiger partial charge in [0.05, 0.1) is 0 Å². The third-order valence-corrected chi connectivity index (χ3v) is 4.96.